The predicted molar refractivity (Wildman–Crippen MR) is 169 cm³/mol. The molecule has 9 heteroatoms. The third-order valence-electron chi connectivity index (χ3n) is 8.65. The minimum Gasteiger partial charge on any atom is -0.483 e. The fourth-order valence-corrected chi connectivity index (χ4v) is 6.15. The highest BCUT2D eigenvalue weighted by Gasteiger charge is 2.37. The predicted octanol–water partition coefficient (Wildman–Crippen LogP) is 5.95. The van der Waals surface area contributed by atoms with Crippen LogP contribution in [0.25, 0.3) is 33.6 Å². The fraction of sp³-hybridized carbons (Fsp3) is 0.382. The van der Waals surface area contributed by atoms with E-state index in [9.17, 15) is 4.79 Å². The summed E-state index contributed by atoms with van der Waals surface area (Å²) >= 11 is 0. The van der Waals surface area contributed by atoms with Crippen molar-refractivity contribution in [2.75, 3.05) is 20.2 Å². The molecule has 0 aliphatic carbocycles. The lowest BCUT2D eigenvalue weighted by molar-refractivity contribution is -0.135. The normalized spacial score (nSPS) is 19.1. The summed E-state index contributed by atoms with van der Waals surface area (Å²) < 4.78 is 5.18. The molecule has 2 saturated heterocycles. The van der Waals surface area contributed by atoms with Gasteiger partial charge in [-0.1, -0.05) is 62.4 Å². The van der Waals surface area contributed by atoms with Gasteiger partial charge < -0.3 is 30.2 Å². The molecule has 2 aromatic heterocycles. The number of hydrogen-bond acceptors (Lipinski definition) is 6. The van der Waals surface area contributed by atoms with E-state index in [0.29, 0.717) is 18.5 Å². The first-order valence-corrected chi connectivity index (χ1v) is 15.3. The number of hydrogen-bond donors (Lipinski definition) is 4. The minimum atomic E-state index is -0.407. The zero-order chi connectivity index (χ0) is 29.9. The zero-order valence-electron chi connectivity index (χ0n) is 25.2. The van der Waals surface area contributed by atoms with Crippen molar-refractivity contribution in [2.24, 2.45) is 5.92 Å². The van der Waals surface area contributed by atoms with E-state index in [4.69, 9.17) is 9.72 Å². The molecule has 0 spiro atoms. The van der Waals surface area contributed by atoms with Crippen molar-refractivity contribution in [1.29, 1.82) is 0 Å². The second-order valence-corrected chi connectivity index (χ2v) is 11.9. The minimum absolute atomic E-state index is 0.0443. The number of ether oxygens (including phenoxy) is 1. The summed E-state index contributed by atoms with van der Waals surface area (Å²) in [5, 5.41) is 6.64. The number of H-pyrrole nitrogens is 2. The first kappa shape index (κ1) is 28.7. The molecule has 6 rings (SSSR count). The maximum atomic E-state index is 13.5. The van der Waals surface area contributed by atoms with Crippen molar-refractivity contribution in [1.82, 2.24) is 35.5 Å². The Labute approximate surface area is 253 Å². The Morgan fingerprint density at radius 1 is 0.907 bits per heavy atom. The molecule has 4 aromatic rings. The maximum Gasteiger partial charge on any atom is 0.246 e. The summed E-state index contributed by atoms with van der Waals surface area (Å²) in [5.41, 5.74) is 6.46. The van der Waals surface area contributed by atoms with Gasteiger partial charge in [-0.05, 0) is 67.0 Å². The van der Waals surface area contributed by atoms with E-state index in [-0.39, 0.29) is 17.9 Å². The molecule has 0 bridgehead atoms. The third-order valence-corrected chi connectivity index (χ3v) is 8.65. The van der Waals surface area contributed by atoms with Gasteiger partial charge in [0.15, 0.2) is 5.88 Å². The molecule has 43 heavy (non-hydrogen) atoms. The zero-order valence-corrected chi connectivity index (χ0v) is 25.2. The molecule has 2 aliphatic heterocycles. The molecule has 224 valence electrons. The number of imidazole rings is 2. The van der Waals surface area contributed by atoms with Gasteiger partial charge in [-0.25, -0.2) is 9.97 Å². The number of amides is 1. The molecule has 2 fully saturated rings. The van der Waals surface area contributed by atoms with Crippen molar-refractivity contribution < 1.29 is 9.53 Å². The molecule has 1 amide bonds. The van der Waals surface area contributed by atoms with Gasteiger partial charge in [0.2, 0.25) is 5.91 Å². The van der Waals surface area contributed by atoms with Crippen LogP contribution in [0.1, 0.15) is 63.3 Å². The van der Waals surface area contributed by atoms with Crippen molar-refractivity contribution in [3.05, 3.63) is 85.0 Å². The van der Waals surface area contributed by atoms with Gasteiger partial charge in [0.1, 0.15) is 17.7 Å². The molecular formula is C34H41N7O2. The lowest BCUT2D eigenvalue weighted by Gasteiger charge is -2.31. The maximum absolute atomic E-state index is 13.5. The van der Waals surface area contributed by atoms with Crippen LogP contribution in [-0.4, -0.2) is 57.0 Å². The molecule has 4 heterocycles. The average Bonchev–Trinajstić information content (AvgIpc) is 3.86. The van der Waals surface area contributed by atoms with Crippen LogP contribution in [0.2, 0.25) is 0 Å². The monoisotopic (exact) mass is 579 g/mol. The molecule has 0 radical (unpaired) electrons. The molecule has 3 atom stereocenters. The summed E-state index contributed by atoms with van der Waals surface area (Å²) in [7, 11) is 1.55. The van der Waals surface area contributed by atoms with Crippen molar-refractivity contribution in [3.63, 3.8) is 0 Å². The Kier molecular flexibility index (Phi) is 8.33. The number of nitrogens with zero attached hydrogens (tertiary/aromatic N) is 3. The second-order valence-electron chi connectivity index (χ2n) is 11.9. The number of carbonyl (C=O) groups excluding carboxylic acids is 1. The van der Waals surface area contributed by atoms with Crippen LogP contribution < -0.4 is 10.6 Å². The smallest absolute Gasteiger partial charge is 0.246 e. The van der Waals surface area contributed by atoms with Gasteiger partial charge in [-0.15, -0.1) is 0 Å². The fourth-order valence-electron chi connectivity index (χ4n) is 6.15. The van der Waals surface area contributed by atoms with E-state index in [1.54, 1.807) is 7.11 Å². The summed E-state index contributed by atoms with van der Waals surface area (Å²) in [5.74, 6) is 2.36. The summed E-state index contributed by atoms with van der Waals surface area (Å²) in [4.78, 5) is 31.8. The molecule has 2 aliphatic rings. The summed E-state index contributed by atoms with van der Waals surface area (Å²) in [6, 6.07) is 16.9. The van der Waals surface area contributed by atoms with Crippen LogP contribution in [0.4, 0.5) is 0 Å². The number of aromatic nitrogens is 4. The van der Waals surface area contributed by atoms with Gasteiger partial charge in [0, 0.05) is 6.54 Å². The van der Waals surface area contributed by atoms with Crippen molar-refractivity contribution in [3.8, 4) is 33.6 Å². The highest BCUT2D eigenvalue weighted by molar-refractivity contribution is 5.83. The Bertz CT molecular complexity index is 1550. The second kappa shape index (κ2) is 12.5. The molecule has 9 nitrogen and oxygen atoms in total. The van der Waals surface area contributed by atoms with Crippen LogP contribution >= 0.6 is 0 Å². The van der Waals surface area contributed by atoms with Crippen LogP contribution in [0, 0.1) is 5.92 Å². The largest absolute Gasteiger partial charge is 0.483 e. The quantitative estimate of drug-likeness (QED) is 0.173. The summed E-state index contributed by atoms with van der Waals surface area (Å²) in [6.07, 6.45) is 7.93. The molecule has 0 saturated carbocycles. The number of likely N-dealkylation sites (tertiary alicyclic amines) is 1. The van der Waals surface area contributed by atoms with E-state index in [1.165, 1.54) is 6.42 Å². The van der Waals surface area contributed by atoms with Crippen molar-refractivity contribution in [2.45, 2.75) is 57.7 Å². The number of nitrogens with one attached hydrogen (secondary N) is 4. The van der Waals surface area contributed by atoms with Crippen molar-refractivity contribution >= 4 is 5.91 Å². The van der Waals surface area contributed by atoms with Crippen LogP contribution in [0.3, 0.4) is 0 Å². The highest BCUT2D eigenvalue weighted by Crippen LogP contribution is 2.33. The summed E-state index contributed by atoms with van der Waals surface area (Å²) in [6.45, 7) is 9.65. The molecular weight excluding hydrogens is 538 g/mol. The van der Waals surface area contributed by atoms with Crippen LogP contribution in [0.5, 0.6) is 0 Å². The lowest BCUT2D eigenvalue weighted by atomic mass is 10.0. The number of methoxy groups -OCH3 is 1. The Hall–Kier alpha value is -4.37. The molecule has 2 aromatic carbocycles. The number of carbonyl (C=O) groups is 1. The van der Waals surface area contributed by atoms with Gasteiger partial charge in [0.25, 0.3) is 0 Å². The Morgan fingerprint density at radius 3 is 2.05 bits per heavy atom. The topological polar surface area (TPSA) is 111 Å². The Morgan fingerprint density at radius 2 is 1.49 bits per heavy atom. The van der Waals surface area contributed by atoms with E-state index < -0.39 is 6.04 Å². The van der Waals surface area contributed by atoms with E-state index >= 15 is 0 Å². The van der Waals surface area contributed by atoms with E-state index in [1.807, 2.05) is 31.1 Å². The van der Waals surface area contributed by atoms with Gasteiger partial charge in [-0.2, -0.15) is 0 Å². The van der Waals surface area contributed by atoms with Gasteiger partial charge >= 0.3 is 0 Å². The van der Waals surface area contributed by atoms with Gasteiger partial charge in [0.05, 0.1) is 43.0 Å². The SMILES string of the molecule is C=C(N[C@H](C(=O)N1CCC[C@H]1c1ncc(-c2ccc(-c3ccc(-c4cnc([C@@H]5CCCN5)[nH]4)cc3)cc2)[nH]1)C(C)C)OC. The van der Waals surface area contributed by atoms with Crippen LogP contribution in [0.15, 0.2) is 73.4 Å². The molecule has 4 N–H and O–H groups in total. The number of rotatable bonds is 10. The van der Waals surface area contributed by atoms with Crippen LogP contribution in [-0.2, 0) is 9.53 Å². The number of aromatic amines is 2. The first-order valence-electron chi connectivity index (χ1n) is 15.3. The van der Waals surface area contributed by atoms with E-state index in [2.05, 4.69) is 80.7 Å². The first-order chi connectivity index (χ1) is 20.9. The lowest BCUT2D eigenvalue weighted by Crippen LogP contribution is -2.48. The standard InChI is InChI=1S/C34H41N7O2/c1-21(2)31(38-22(3)43-4)34(42)41-18-6-8-30(41)33-37-20-29(40-33)26-15-11-24(12-16-26)23-9-13-25(14-10-23)28-19-36-32(39-28)27-7-5-17-35-27/h9-16,19-21,27,30-31,35,38H,3,5-8,17-18H2,1-2,4H3,(H,36,39)(H,37,40)/t27-,30-,31-/m0/s1. The molecule has 0 unspecified atom stereocenters. The van der Waals surface area contributed by atoms with Gasteiger partial charge in [-0.3, -0.25) is 4.79 Å². The highest BCUT2D eigenvalue weighted by atomic mass is 16.5. The van der Waals surface area contributed by atoms with E-state index in [0.717, 1.165) is 71.1 Å². The number of benzene rings is 2. The average molecular weight is 580 g/mol. The third kappa shape index (κ3) is 6.08. The Balaban J connectivity index is 1.13.